The summed E-state index contributed by atoms with van der Waals surface area (Å²) in [5.41, 5.74) is -0.115. The molecule has 2 N–H and O–H groups in total. The third kappa shape index (κ3) is 2.71. The minimum Gasteiger partial charge on any atom is -0.315 e. The highest BCUT2D eigenvalue weighted by Crippen LogP contribution is 2.12. The lowest BCUT2D eigenvalue weighted by molar-refractivity contribution is 0.133. The van der Waals surface area contributed by atoms with Gasteiger partial charge >= 0.3 is 0 Å². The van der Waals surface area contributed by atoms with Crippen molar-refractivity contribution in [2.24, 2.45) is 0 Å². The zero-order valence-corrected chi connectivity index (χ0v) is 6.66. The van der Waals surface area contributed by atoms with Gasteiger partial charge in [-0.1, -0.05) is 0 Å². The van der Waals surface area contributed by atoms with Gasteiger partial charge in [0.15, 0.2) is 0 Å². The molecule has 0 aromatic heterocycles. The fourth-order valence-electron chi connectivity index (χ4n) is 1.29. The molecule has 1 aliphatic rings. The van der Waals surface area contributed by atoms with Crippen molar-refractivity contribution >= 4 is 0 Å². The van der Waals surface area contributed by atoms with Gasteiger partial charge < -0.3 is 10.6 Å². The fraction of sp³-hybridized carbons (Fsp3) is 1.00. The van der Waals surface area contributed by atoms with Gasteiger partial charge in [0.2, 0.25) is 0 Å². The van der Waals surface area contributed by atoms with Crippen LogP contribution in [0.4, 0.5) is 8.78 Å². The number of alkyl halides is 2. The molecule has 1 rings (SSSR count). The molecule has 1 atom stereocenters. The van der Waals surface area contributed by atoms with E-state index in [-0.39, 0.29) is 12.1 Å². The zero-order chi connectivity index (χ0) is 8.32. The Labute approximate surface area is 65.4 Å². The topological polar surface area (TPSA) is 24.1 Å². The molecular formula is C7H14F2N2. The highest BCUT2D eigenvalue weighted by Gasteiger charge is 2.28. The molecule has 0 radical (unpaired) electrons. The molecule has 0 saturated carbocycles. The van der Waals surface area contributed by atoms with Crippen molar-refractivity contribution in [2.75, 3.05) is 19.6 Å². The van der Waals surface area contributed by atoms with Crippen molar-refractivity contribution in [1.82, 2.24) is 10.6 Å². The first-order valence-corrected chi connectivity index (χ1v) is 3.86. The second kappa shape index (κ2) is 3.45. The van der Waals surface area contributed by atoms with E-state index in [2.05, 4.69) is 10.6 Å². The average Bonchev–Trinajstić information content (AvgIpc) is 2.33. The normalized spacial score (nSPS) is 31.6. The lowest BCUT2D eigenvalue weighted by atomic mass is 10.0. The van der Waals surface area contributed by atoms with E-state index in [1.165, 1.54) is 0 Å². The van der Waals surface area contributed by atoms with Gasteiger partial charge in [-0.3, -0.25) is 0 Å². The molecule has 1 unspecified atom stereocenters. The molecule has 0 aromatic carbocycles. The molecule has 0 bridgehead atoms. The maximum absolute atomic E-state index is 11.8. The Kier molecular flexibility index (Phi) is 2.78. The second-order valence-corrected chi connectivity index (χ2v) is 3.26. The average molecular weight is 164 g/mol. The number of halogens is 2. The van der Waals surface area contributed by atoms with Gasteiger partial charge in [-0.2, -0.15) is 0 Å². The highest BCUT2D eigenvalue weighted by molar-refractivity contribution is 4.91. The molecule has 0 spiro atoms. The predicted octanol–water partition coefficient (Wildman–Crippen LogP) is 0.593. The SMILES string of the molecule is CC1(NCC(F)F)CCNC1. The van der Waals surface area contributed by atoms with Crippen molar-refractivity contribution in [3.8, 4) is 0 Å². The van der Waals surface area contributed by atoms with Gasteiger partial charge in [0.25, 0.3) is 6.43 Å². The molecular weight excluding hydrogens is 150 g/mol. The fourth-order valence-corrected chi connectivity index (χ4v) is 1.29. The summed E-state index contributed by atoms with van der Waals surface area (Å²) in [4.78, 5) is 0. The molecule has 2 nitrogen and oxygen atoms in total. The Bertz CT molecular complexity index is 122. The Morgan fingerprint density at radius 2 is 2.36 bits per heavy atom. The molecule has 1 aliphatic heterocycles. The molecule has 1 heterocycles. The highest BCUT2D eigenvalue weighted by atomic mass is 19.3. The maximum Gasteiger partial charge on any atom is 0.250 e. The molecule has 4 heteroatoms. The van der Waals surface area contributed by atoms with E-state index in [0.717, 1.165) is 19.5 Å². The third-order valence-corrected chi connectivity index (χ3v) is 2.05. The van der Waals surface area contributed by atoms with Crippen LogP contribution in [0.1, 0.15) is 13.3 Å². The van der Waals surface area contributed by atoms with E-state index >= 15 is 0 Å². The Morgan fingerprint density at radius 3 is 2.82 bits per heavy atom. The largest absolute Gasteiger partial charge is 0.315 e. The third-order valence-electron chi connectivity index (χ3n) is 2.05. The van der Waals surface area contributed by atoms with E-state index in [4.69, 9.17) is 0 Å². The second-order valence-electron chi connectivity index (χ2n) is 3.26. The van der Waals surface area contributed by atoms with Crippen LogP contribution in [0.3, 0.4) is 0 Å². The lowest BCUT2D eigenvalue weighted by Gasteiger charge is -2.24. The number of hydrogen-bond donors (Lipinski definition) is 2. The first-order valence-electron chi connectivity index (χ1n) is 3.86. The molecule has 0 aliphatic carbocycles. The number of nitrogens with one attached hydrogen (secondary N) is 2. The van der Waals surface area contributed by atoms with Crippen molar-refractivity contribution in [2.45, 2.75) is 25.3 Å². The summed E-state index contributed by atoms with van der Waals surface area (Å²) in [5.74, 6) is 0. The molecule has 11 heavy (non-hydrogen) atoms. The summed E-state index contributed by atoms with van der Waals surface area (Å²) >= 11 is 0. The van der Waals surface area contributed by atoms with Crippen molar-refractivity contribution in [1.29, 1.82) is 0 Å². The standard InChI is InChI=1S/C7H14F2N2/c1-7(2-3-10-5-7)11-4-6(8)9/h6,10-11H,2-5H2,1H3. The van der Waals surface area contributed by atoms with Gasteiger partial charge in [-0.25, -0.2) is 8.78 Å². The predicted molar refractivity (Wildman–Crippen MR) is 39.9 cm³/mol. The van der Waals surface area contributed by atoms with Crippen molar-refractivity contribution < 1.29 is 8.78 Å². The zero-order valence-electron chi connectivity index (χ0n) is 6.66. The van der Waals surface area contributed by atoms with Gasteiger partial charge in [0, 0.05) is 12.1 Å². The molecule has 1 fully saturated rings. The van der Waals surface area contributed by atoms with Crippen LogP contribution in [-0.4, -0.2) is 31.6 Å². The summed E-state index contributed by atoms with van der Waals surface area (Å²) < 4.78 is 23.6. The number of rotatable bonds is 3. The lowest BCUT2D eigenvalue weighted by Crippen LogP contribution is -2.46. The Morgan fingerprint density at radius 1 is 1.64 bits per heavy atom. The summed E-state index contributed by atoms with van der Waals surface area (Å²) in [6.07, 6.45) is -1.31. The van der Waals surface area contributed by atoms with E-state index in [9.17, 15) is 8.78 Å². The first-order chi connectivity index (χ1) is 5.12. The minimum absolute atomic E-state index is 0.115. The number of hydrogen-bond acceptors (Lipinski definition) is 2. The molecule has 1 saturated heterocycles. The van der Waals surface area contributed by atoms with E-state index in [1.807, 2.05) is 6.92 Å². The van der Waals surface area contributed by atoms with Gasteiger partial charge in [-0.15, -0.1) is 0 Å². The summed E-state index contributed by atoms with van der Waals surface area (Å²) in [6.45, 7) is 3.49. The van der Waals surface area contributed by atoms with Gasteiger partial charge in [-0.05, 0) is 19.9 Å². The van der Waals surface area contributed by atoms with Gasteiger partial charge in [0.05, 0.1) is 6.54 Å². The van der Waals surface area contributed by atoms with Crippen LogP contribution < -0.4 is 10.6 Å². The molecule has 0 amide bonds. The van der Waals surface area contributed by atoms with E-state index in [1.54, 1.807) is 0 Å². The van der Waals surface area contributed by atoms with Crippen LogP contribution in [0.5, 0.6) is 0 Å². The maximum atomic E-state index is 11.8. The molecule has 66 valence electrons. The van der Waals surface area contributed by atoms with Crippen LogP contribution in [-0.2, 0) is 0 Å². The minimum atomic E-state index is -2.24. The van der Waals surface area contributed by atoms with Crippen molar-refractivity contribution in [3.63, 3.8) is 0 Å². The molecule has 0 aromatic rings. The summed E-state index contributed by atoms with van der Waals surface area (Å²) in [6, 6.07) is 0. The first kappa shape index (κ1) is 8.87. The Hall–Kier alpha value is -0.220. The smallest absolute Gasteiger partial charge is 0.250 e. The Balaban J connectivity index is 2.23. The quantitative estimate of drug-likeness (QED) is 0.638. The van der Waals surface area contributed by atoms with E-state index in [0.29, 0.717) is 0 Å². The van der Waals surface area contributed by atoms with Crippen LogP contribution >= 0.6 is 0 Å². The monoisotopic (exact) mass is 164 g/mol. The van der Waals surface area contributed by atoms with Crippen molar-refractivity contribution in [3.05, 3.63) is 0 Å². The van der Waals surface area contributed by atoms with Crippen LogP contribution in [0.25, 0.3) is 0 Å². The van der Waals surface area contributed by atoms with Crippen LogP contribution in [0.15, 0.2) is 0 Å². The summed E-state index contributed by atoms with van der Waals surface area (Å²) in [7, 11) is 0. The van der Waals surface area contributed by atoms with E-state index < -0.39 is 6.43 Å². The van der Waals surface area contributed by atoms with Gasteiger partial charge in [0.1, 0.15) is 0 Å². The summed E-state index contributed by atoms with van der Waals surface area (Å²) in [5, 5.41) is 5.97. The van der Waals surface area contributed by atoms with Crippen LogP contribution in [0.2, 0.25) is 0 Å². The van der Waals surface area contributed by atoms with Crippen LogP contribution in [0, 0.1) is 0 Å².